The summed E-state index contributed by atoms with van der Waals surface area (Å²) in [6.07, 6.45) is 1.71. The van der Waals surface area contributed by atoms with E-state index in [9.17, 15) is 0 Å². The molecule has 0 spiro atoms. The van der Waals surface area contributed by atoms with Crippen molar-refractivity contribution in [1.29, 1.82) is 5.41 Å². The number of nitrogens with two attached hydrogens (primary N) is 1. The molecule has 1 aromatic rings. The molecule has 0 aliphatic carbocycles. The van der Waals surface area contributed by atoms with E-state index >= 15 is 0 Å². The lowest BCUT2D eigenvalue weighted by Crippen LogP contribution is -2.31. The van der Waals surface area contributed by atoms with Crippen molar-refractivity contribution in [2.45, 2.75) is 13.5 Å². The van der Waals surface area contributed by atoms with Crippen LogP contribution in [0, 0.1) is 11.3 Å². The van der Waals surface area contributed by atoms with Crippen LogP contribution in [0.15, 0.2) is 18.3 Å². The van der Waals surface area contributed by atoms with Crippen LogP contribution in [0.25, 0.3) is 0 Å². The lowest BCUT2D eigenvalue weighted by atomic mass is 10.1. The molecule has 17 heavy (non-hydrogen) atoms. The Morgan fingerprint density at radius 1 is 1.65 bits per heavy atom. The fourth-order valence-electron chi connectivity index (χ4n) is 1.65. The molecular formula is C12H20N4O. The third-order valence-corrected chi connectivity index (χ3v) is 2.60. The number of rotatable bonds is 6. The summed E-state index contributed by atoms with van der Waals surface area (Å²) in [6.45, 7) is 3.42. The van der Waals surface area contributed by atoms with Crippen LogP contribution < -0.4 is 10.5 Å². The molecule has 0 fully saturated rings. The SMILES string of the molecule is COc1ncccc1CN(C)CC(C)C(=N)N. The maximum Gasteiger partial charge on any atom is 0.217 e. The number of pyridine rings is 1. The second kappa shape index (κ2) is 6.20. The van der Waals surface area contributed by atoms with Gasteiger partial charge in [0.05, 0.1) is 12.9 Å². The van der Waals surface area contributed by atoms with Crippen LogP contribution in [0.4, 0.5) is 0 Å². The molecule has 0 aliphatic rings. The molecular weight excluding hydrogens is 216 g/mol. The Kier molecular flexibility index (Phi) is 4.90. The van der Waals surface area contributed by atoms with E-state index in [0.29, 0.717) is 5.88 Å². The van der Waals surface area contributed by atoms with Crippen LogP contribution in [0.1, 0.15) is 12.5 Å². The molecule has 0 bridgehead atoms. The highest BCUT2D eigenvalue weighted by atomic mass is 16.5. The first-order valence-corrected chi connectivity index (χ1v) is 5.55. The Bertz CT molecular complexity index is 381. The summed E-state index contributed by atoms with van der Waals surface area (Å²) < 4.78 is 5.19. The van der Waals surface area contributed by atoms with Gasteiger partial charge in [0.2, 0.25) is 5.88 Å². The van der Waals surface area contributed by atoms with E-state index < -0.39 is 0 Å². The van der Waals surface area contributed by atoms with Crippen molar-refractivity contribution in [3.05, 3.63) is 23.9 Å². The Balaban J connectivity index is 2.61. The van der Waals surface area contributed by atoms with Gasteiger partial charge in [-0.15, -0.1) is 0 Å². The van der Waals surface area contributed by atoms with Gasteiger partial charge in [-0.2, -0.15) is 0 Å². The van der Waals surface area contributed by atoms with Gasteiger partial charge in [0, 0.05) is 30.8 Å². The van der Waals surface area contributed by atoms with Gasteiger partial charge in [-0.05, 0) is 13.1 Å². The maximum absolute atomic E-state index is 7.37. The highest BCUT2D eigenvalue weighted by molar-refractivity contribution is 5.79. The number of hydrogen-bond donors (Lipinski definition) is 2. The molecule has 3 N–H and O–H groups in total. The number of hydrogen-bond acceptors (Lipinski definition) is 4. The van der Waals surface area contributed by atoms with Crippen LogP contribution in [0.5, 0.6) is 5.88 Å². The van der Waals surface area contributed by atoms with Gasteiger partial charge < -0.3 is 15.4 Å². The van der Waals surface area contributed by atoms with Crippen molar-refractivity contribution in [2.24, 2.45) is 11.7 Å². The first-order chi connectivity index (χ1) is 8.04. The van der Waals surface area contributed by atoms with Gasteiger partial charge in [-0.1, -0.05) is 13.0 Å². The fraction of sp³-hybridized carbons (Fsp3) is 0.500. The van der Waals surface area contributed by atoms with Crippen molar-refractivity contribution >= 4 is 5.84 Å². The fourth-order valence-corrected chi connectivity index (χ4v) is 1.65. The minimum absolute atomic E-state index is 0.0580. The van der Waals surface area contributed by atoms with Crippen LogP contribution in [0.2, 0.25) is 0 Å². The molecule has 1 heterocycles. The zero-order valence-electron chi connectivity index (χ0n) is 10.6. The van der Waals surface area contributed by atoms with Crippen molar-refractivity contribution in [1.82, 2.24) is 9.88 Å². The first-order valence-electron chi connectivity index (χ1n) is 5.55. The van der Waals surface area contributed by atoms with Crippen molar-refractivity contribution in [3.8, 4) is 5.88 Å². The van der Waals surface area contributed by atoms with Crippen molar-refractivity contribution in [3.63, 3.8) is 0 Å². The predicted octanol–water partition coefficient (Wildman–Crippen LogP) is 1.09. The summed E-state index contributed by atoms with van der Waals surface area (Å²) in [6, 6.07) is 3.88. The Labute approximate surface area is 102 Å². The molecule has 1 rings (SSSR count). The molecule has 5 nitrogen and oxygen atoms in total. The monoisotopic (exact) mass is 236 g/mol. The topological polar surface area (TPSA) is 75.2 Å². The van der Waals surface area contributed by atoms with Crippen LogP contribution in [-0.2, 0) is 6.54 Å². The number of methoxy groups -OCH3 is 1. The summed E-state index contributed by atoms with van der Waals surface area (Å²) in [5.74, 6) is 0.924. The van der Waals surface area contributed by atoms with Gasteiger partial charge in [0.25, 0.3) is 0 Å². The highest BCUT2D eigenvalue weighted by Crippen LogP contribution is 2.15. The van der Waals surface area contributed by atoms with Crippen molar-refractivity contribution < 1.29 is 4.74 Å². The summed E-state index contributed by atoms with van der Waals surface area (Å²) in [5.41, 5.74) is 6.49. The molecule has 1 unspecified atom stereocenters. The van der Waals surface area contributed by atoms with E-state index in [-0.39, 0.29) is 11.8 Å². The summed E-state index contributed by atoms with van der Waals surface area (Å²) in [7, 11) is 3.61. The average molecular weight is 236 g/mol. The smallest absolute Gasteiger partial charge is 0.217 e. The van der Waals surface area contributed by atoms with E-state index in [1.54, 1.807) is 13.3 Å². The molecule has 1 aromatic heterocycles. The van der Waals surface area contributed by atoms with Crippen LogP contribution in [0.3, 0.4) is 0 Å². The number of nitrogens with one attached hydrogen (secondary N) is 1. The van der Waals surface area contributed by atoms with E-state index in [4.69, 9.17) is 15.9 Å². The van der Waals surface area contributed by atoms with Gasteiger partial charge in [0.1, 0.15) is 0 Å². The minimum Gasteiger partial charge on any atom is -0.481 e. The average Bonchev–Trinajstić information content (AvgIpc) is 2.29. The van der Waals surface area contributed by atoms with E-state index in [1.807, 2.05) is 26.1 Å². The van der Waals surface area contributed by atoms with E-state index in [0.717, 1.165) is 18.7 Å². The zero-order valence-corrected chi connectivity index (χ0v) is 10.6. The molecule has 0 aromatic carbocycles. The van der Waals surface area contributed by atoms with Gasteiger partial charge in [-0.25, -0.2) is 4.98 Å². The second-order valence-corrected chi connectivity index (χ2v) is 4.22. The largest absolute Gasteiger partial charge is 0.481 e. The standard InChI is InChI=1S/C12H20N4O/c1-9(11(13)14)7-16(2)8-10-5-4-6-15-12(10)17-3/h4-6,9H,7-8H2,1-3H3,(H3,13,14). The summed E-state index contributed by atoms with van der Waals surface area (Å²) >= 11 is 0. The van der Waals surface area contributed by atoms with Gasteiger partial charge >= 0.3 is 0 Å². The van der Waals surface area contributed by atoms with Gasteiger partial charge in [-0.3, -0.25) is 5.41 Å². The lowest BCUT2D eigenvalue weighted by Gasteiger charge is -2.21. The third kappa shape index (κ3) is 4.03. The number of amidine groups is 1. The first kappa shape index (κ1) is 13.4. The molecule has 0 aliphatic heterocycles. The molecule has 0 saturated carbocycles. The minimum atomic E-state index is 0.0580. The molecule has 0 radical (unpaired) electrons. The normalized spacial score (nSPS) is 12.5. The summed E-state index contributed by atoms with van der Waals surface area (Å²) in [5, 5.41) is 7.37. The summed E-state index contributed by atoms with van der Waals surface area (Å²) in [4.78, 5) is 6.25. The lowest BCUT2D eigenvalue weighted by molar-refractivity contribution is 0.297. The molecule has 1 atom stereocenters. The number of aromatic nitrogens is 1. The van der Waals surface area contributed by atoms with Gasteiger partial charge in [0.15, 0.2) is 0 Å². The van der Waals surface area contributed by atoms with Crippen LogP contribution in [-0.4, -0.2) is 36.4 Å². The zero-order chi connectivity index (χ0) is 12.8. The molecule has 5 heteroatoms. The Hall–Kier alpha value is -1.62. The Morgan fingerprint density at radius 3 is 2.94 bits per heavy atom. The quantitative estimate of drug-likeness (QED) is 0.573. The van der Waals surface area contributed by atoms with E-state index in [1.165, 1.54) is 0 Å². The van der Waals surface area contributed by atoms with Crippen LogP contribution >= 0.6 is 0 Å². The molecule has 0 amide bonds. The van der Waals surface area contributed by atoms with Crippen molar-refractivity contribution in [2.75, 3.05) is 20.7 Å². The maximum atomic E-state index is 7.37. The number of nitrogens with zero attached hydrogens (tertiary/aromatic N) is 2. The highest BCUT2D eigenvalue weighted by Gasteiger charge is 2.11. The third-order valence-electron chi connectivity index (χ3n) is 2.60. The van der Waals surface area contributed by atoms with E-state index in [2.05, 4.69) is 9.88 Å². The number of ether oxygens (including phenoxy) is 1. The second-order valence-electron chi connectivity index (χ2n) is 4.22. The Morgan fingerprint density at radius 2 is 2.35 bits per heavy atom. The predicted molar refractivity (Wildman–Crippen MR) is 68.2 cm³/mol. The molecule has 0 saturated heterocycles. The molecule has 94 valence electrons.